The topological polar surface area (TPSA) is 66.2 Å². The predicted molar refractivity (Wildman–Crippen MR) is 112 cm³/mol. The van der Waals surface area contributed by atoms with Gasteiger partial charge in [-0.05, 0) is 39.7 Å². The van der Waals surface area contributed by atoms with E-state index in [1.165, 1.54) is 18.2 Å². The number of hydrogen-bond acceptors (Lipinski definition) is 5. The lowest BCUT2D eigenvalue weighted by Gasteiger charge is -2.37. The molecule has 4 rings (SSSR count). The summed E-state index contributed by atoms with van der Waals surface area (Å²) in [6, 6.07) is 10.8. The van der Waals surface area contributed by atoms with Gasteiger partial charge in [-0.25, -0.2) is 4.79 Å². The lowest BCUT2D eigenvalue weighted by atomic mass is 10.1. The second kappa shape index (κ2) is 8.43. The van der Waals surface area contributed by atoms with Gasteiger partial charge in [0.25, 0.3) is 5.95 Å². The van der Waals surface area contributed by atoms with E-state index in [-0.39, 0.29) is 18.1 Å². The molecule has 0 amide bonds. The molecule has 1 saturated heterocycles. The maximum Gasteiger partial charge on any atom is 0.513 e. The number of alkyl halides is 3. The Labute approximate surface area is 183 Å². The van der Waals surface area contributed by atoms with E-state index in [0.29, 0.717) is 37.1 Å². The molecule has 0 aliphatic carbocycles. The average molecular weight is 499 g/mol. The van der Waals surface area contributed by atoms with Crippen molar-refractivity contribution in [2.45, 2.75) is 12.7 Å². The molecule has 0 radical (unpaired) electrons. The van der Waals surface area contributed by atoms with Crippen molar-refractivity contribution < 1.29 is 32.2 Å². The van der Waals surface area contributed by atoms with E-state index >= 15 is 0 Å². The molecule has 1 N–H and O–H groups in total. The zero-order valence-electron chi connectivity index (χ0n) is 16.2. The average Bonchev–Trinajstić information content (AvgIpc) is 3.11. The van der Waals surface area contributed by atoms with E-state index in [4.69, 9.17) is 9.52 Å². The van der Waals surface area contributed by atoms with Gasteiger partial charge in [0, 0.05) is 44.2 Å². The number of halogens is 4. The molecule has 1 aliphatic rings. The summed E-state index contributed by atoms with van der Waals surface area (Å²) in [5.41, 5.74) is 1.06. The summed E-state index contributed by atoms with van der Waals surface area (Å²) < 4.78 is 50.4. The Kier molecular flexibility index (Phi) is 5.85. The molecule has 0 unspecified atom stereocenters. The van der Waals surface area contributed by atoms with E-state index in [9.17, 15) is 18.0 Å². The number of furan rings is 1. The molecule has 2 aromatic carbocycles. The van der Waals surface area contributed by atoms with Gasteiger partial charge >= 0.3 is 12.3 Å². The highest BCUT2D eigenvalue weighted by atomic mass is 79.9. The summed E-state index contributed by atoms with van der Waals surface area (Å²) >= 11 is 3.55. The maximum absolute atomic E-state index is 13.2. The molecule has 164 valence electrons. The first-order chi connectivity index (χ1) is 14.7. The van der Waals surface area contributed by atoms with Crippen LogP contribution in [0.3, 0.4) is 0 Å². The van der Waals surface area contributed by atoms with Gasteiger partial charge in [-0.15, -0.1) is 0 Å². The van der Waals surface area contributed by atoms with E-state index in [2.05, 4.69) is 25.6 Å². The third kappa shape index (κ3) is 4.64. The zero-order chi connectivity index (χ0) is 22.2. The number of carboxylic acid groups (broad SMARTS) is 1. The van der Waals surface area contributed by atoms with Gasteiger partial charge in [-0.3, -0.25) is 4.90 Å². The van der Waals surface area contributed by atoms with Crippen molar-refractivity contribution >= 4 is 38.7 Å². The lowest BCUT2D eigenvalue weighted by Crippen LogP contribution is -2.46. The number of rotatable bonds is 4. The van der Waals surface area contributed by atoms with Crippen LogP contribution in [0, 0.1) is 0 Å². The van der Waals surface area contributed by atoms with Crippen LogP contribution in [0.4, 0.5) is 23.7 Å². The standard InChI is InChI=1S/C21H18BrF3N2O4/c22-19-14-11-18(31-20(28)29)30-17(14)6-5-16(19)27-9-7-26(8-10-27)12-13-3-1-2-4-15(13)21(23,24)25/h1-6,11H,7-10,12H2,(H,28,29). The quantitative estimate of drug-likeness (QED) is 0.472. The second-order valence-corrected chi connectivity index (χ2v) is 7.95. The third-order valence-corrected chi connectivity index (χ3v) is 6.04. The van der Waals surface area contributed by atoms with Crippen LogP contribution in [-0.2, 0) is 12.7 Å². The van der Waals surface area contributed by atoms with Gasteiger partial charge in [-0.2, -0.15) is 13.2 Å². The van der Waals surface area contributed by atoms with Crippen molar-refractivity contribution in [3.05, 3.63) is 58.1 Å². The normalized spacial score (nSPS) is 15.4. The summed E-state index contributed by atoms with van der Waals surface area (Å²) in [5, 5.41) is 9.42. The number of fused-ring (bicyclic) bond motifs is 1. The van der Waals surface area contributed by atoms with Crippen molar-refractivity contribution in [3.63, 3.8) is 0 Å². The van der Waals surface area contributed by atoms with Crippen LogP contribution < -0.4 is 9.64 Å². The zero-order valence-corrected chi connectivity index (χ0v) is 17.7. The number of benzene rings is 2. The predicted octanol–water partition coefficient (Wildman–Crippen LogP) is 5.59. The van der Waals surface area contributed by atoms with Crippen LogP contribution in [0.5, 0.6) is 5.95 Å². The summed E-state index contributed by atoms with van der Waals surface area (Å²) in [6.07, 6.45) is -5.83. The molecule has 1 aromatic heterocycles. The Balaban J connectivity index is 1.46. The van der Waals surface area contributed by atoms with Crippen LogP contribution >= 0.6 is 15.9 Å². The summed E-state index contributed by atoms with van der Waals surface area (Å²) in [7, 11) is 0. The Morgan fingerprint density at radius 3 is 2.52 bits per heavy atom. The van der Waals surface area contributed by atoms with Crippen LogP contribution in [0.15, 0.2) is 51.4 Å². The third-order valence-electron chi connectivity index (χ3n) is 5.21. The molecular weight excluding hydrogens is 481 g/mol. The first kappa shape index (κ1) is 21.5. The maximum atomic E-state index is 13.2. The molecule has 0 saturated carbocycles. The highest BCUT2D eigenvalue weighted by molar-refractivity contribution is 9.10. The number of ether oxygens (including phenoxy) is 1. The van der Waals surface area contributed by atoms with Crippen molar-refractivity contribution in [1.29, 1.82) is 0 Å². The SMILES string of the molecule is O=C(O)Oc1cc2c(Br)c(N3CCN(Cc4ccccc4C(F)(F)F)CC3)ccc2o1. The molecule has 0 bridgehead atoms. The number of anilines is 1. The van der Waals surface area contributed by atoms with E-state index in [1.807, 2.05) is 11.0 Å². The summed E-state index contributed by atoms with van der Waals surface area (Å²) in [5.74, 6) is -0.117. The van der Waals surface area contributed by atoms with Crippen LogP contribution in [0.2, 0.25) is 0 Å². The fraction of sp³-hybridized carbons (Fsp3) is 0.286. The molecule has 0 spiro atoms. The molecular formula is C21H18BrF3N2O4. The minimum atomic E-state index is -4.37. The minimum Gasteiger partial charge on any atom is -0.449 e. The van der Waals surface area contributed by atoms with E-state index in [1.54, 1.807) is 12.1 Å². The number of carbonyl (C=O) groups is 1. The van der Waals surface area contributed by atoms with E-state index < -0.39 is 17.9 Å². The Bertz CT molecular complexity index is 1110. The Morgan fingerprint density at radius 2 is 1.84 bits per heavy atom. The van der Waals surface area contributed by atoms with Crippen molar-refractivity contribution in [2.24, 2.45) is 0 Å². The molecule has 0 atom stereocenters. The minimum absolute atomic E-state index is 0.117. The monoisotopic (exact) mass is 498 g/mol. The fourth-order valence-corrected chi connectivity index (χ4v) is 4.44. The first-order valence-electron chi connectivity index (χ1n) is 9.47. The van der Waals surface area contributed by atoms with Gasteiger partial charge in [0.15, 0.2) is 0 Å². The van der Waals surface area contributed by atoms with Crippen molar-refractivity contribution in [1.82, 2.24) is 4.90 Å². The molecule has 2 heterocycles. The Morgan fingerprint density at radius 1 is 1.13 bits per heavy atom. The number of hydrogen-bond donors (Lipinski definition) is 1. The molecule has 31 heavy (non-hydrogen) atoms. The van der Waals surface area contributed by atoms with Gasteiger partial charge in [0.05, 0.1) is 15.7 Å². The molecule has 1 fully saturated rings. The highest BCUT2D eigenvalue weighted by Crippen LogP contribution is 2.38. The van der Waals surface area contributed by atoms with Crippen LogP contribution in [-0.4, -0.2) is 42.3 Å². The Hall–Kier alpha value is -2.72. The van der Waals surface area contributed by atoms with Crippen LogP contribution in [0.25, 0.3) is 11.0 Å². The summed E-state index contributed by atoms with van der Waals surface area (Å²) in [6.45, 7) is 2.72. The molecule has 3 aromatic rings. The van der Waals surface area contributed by atoms with E-state index in [0.717, 1.165) is 16.2 Å². The number of nitrogens with zero attached hydrogens (tertiary/aromatic N) is 2. The fourth-order valence-electron chi connectivity index (χ4n) is 3.75. The number of piperazine rings is 1. The highest BCUT2D eigenvalue weighted by Gasteiger charge is 2.33. The van der Waals surface area contributed by atoms with Gasteiger partial charge in [0.1, 0.15) is 5.58 Å². The van der Waals surface area contributed by atoms with Crippen molar-refractivity contribution in [2.75, 3.05) is 31.1 Å². The summed E-state index contributed by atoms with van der Waals surface area (Å²) in [4.78, 5) is 14.8. The molecule has 10 heteroatoms. The van der Waals surface area contributed by atoms with Crippen LogP contribution in [0.1, 0.15) is 11.1 Å². The lowest BCUT2D eigenvalue weighted by molar-refractivity contribution is -0.138. The van der Waals surface area contributed by atoms with Gasteiger partial charge < -0.3 is 19.2 Å². The second-order valence-electron chi connectivity index (χ2n) is 7.16. The first-order valence-corrected chi connectivity index (χ1v) is 10.3. The van der Waals surface area contributed by atoms with Crippen molar-refractivity contribution in [3.8, 4) is 5.95 Å². The molecule has 1 aliphatic heterocycles. The largest absolute Gasteiger partial charge is 0.513 e. The molecule has 6 nitrogen and oxygen atoms in total. The van der Waals surface area contributed by atoms with Gasteiger partial charge in [0.2, 0.25) is 0 Å². The smallest absolute Gasteiger partial charge is 0.449 e. The van der Waals surface area contributed by atoms with Gasteiger partial charge in [-0.1, -0.05) is 18.2 Å².